The SMILES string of the molecule is Cc1ccc(C)c(OCC(=O)Nc2ccccc2[N+](=O)[O-])c1. The summed E-state index contributed by atoms with van der Waals surface area (Å²) in [5.41, 5.74) is 1.95. The molecule has 0 atom stereocenters. The maximum atomic E-state index is 11.9. The Hall–Kier alpha value is -2.89. The highest BCUT2D eigenvalue weighted by Crippen LogP contribution is 2.23. The van der Waals surface area contributed by atoms with Gasteiger partial charge in [-0.3, -0.25) is 14.9 Å². The van der Waals surface area contributed by atoms with Crippen molar-refractivity contribution in [1.29, 1.82) is 0 Å². The number of para-hydroxylation sites is 2. The van der Waals surface area contributed by atoms with Crippen LogP contribution in [0.15, 0.2) is 42.5 Å². The van der Waals surface area contributed by atoms with E-state index in [2.05, 4.69) is 5.32 Å². The van der Waals surface area contributed by atoms with Crippen LogP contribution in [0.5, 0.6) is 5.75 Å². The Kier molecular flexibility index (Phi) is 4.73. The molecule has 114 valence electrons. The van der Waals surface area contributed by atoms with Gasteiger partial charge in [0.2, 0.25) is 0 Å². The van der Waals surface area contributed by atoms with Gasteiger partial charge in [0, 0.05) is 6.07 Å². The summed E-state index contributed by atoms with van der Waals surface area (Å²) in [6, 6.07) is 11.7. The summed E-state index contributed by atoms with van der Waals surface area (Å²) in [6.07, 6.45) is 0. The molecule has 0 aliphatic heterocycles. The molecule has 6 nitrogen and oxygen atoms in total. The average Bonchev–Trinajstić information content (AvgIpc) is 2.48. The smallest absolute Gasteiger partial charge is 0.292 e. The van der Waals surface area contributed by atoms with Crippen molar-refractivity contribution in [2.75, 3.05) is 11.9 Å². The number of hydrogen-bond acceptors (Lipinski definition) is 4. The molecule has 6 heteroatoms. The number of nitrogens with one attached hydrogen (secondary N) is 1. The third-order valence-corrected chi connectivity index (χ3v) is 3.08. The summed E-state index contributed by atoms with van der Waals surface area (Å²) < 4.78 is 5.47. The molecule has 0 saturated carbocycles. The highest BCUT2D eigenvalue weighted by atomic mass is 16.6. The zero-order chi connectivity index (χ0) is 16.1. The summed E-state index contributed by atoms with van der Waals surface area (Å²) in [5.74, 6) is 0.174. The topological polar surface area (TPSA) is 81.5 Å². The molecule has 22 heavy (non-hydrogen) atoms. The second kappa shape index (κ2) is 6.71. The van der Waals surface area contributed by atoms with E-state index in [4.69, 9.17) is 4.74 Å². The lowest BCUT2D eigenvalue weighted by molar-refractivity contribution is -0.383. The van der Waals surface area contributed by atoms with Gasteiger partial charge in [-0.15, -0.1) is 0 Å². The molecule has 1 amide bonds. The molecular weight excluding hydrogens is 284 g/mol. The van der Waals surface area contributed by atoms with Crippen molar-refractivity contribution >= 4 is 17.3 Å². The standard InChI is InChI=1S/C16H16N2O4/c1-11-7-8-12(2)15(9-11)22-10-16(19)17-13-5-3-4-6-14(13)18(20)21/h3-9H,10H2,1-2H3,(H,17,19). The van der Waals surface area contributed by atoms with Crippen molar-refractivity contribution in [3.05, 3.63) is 63.7 Å². The molecular formula is C16H16N2O4. The Bertz CT molecular complexity index is 713. The molecule has 0 aliphatic carbocycles. The van der Waals surface area contributed by atoms with Crippen LogP contribution < -0.4 is 10.1 Å². The van der Waals surface area contributed by atoms with Crippen molar-refractivity contribution in [2.45, 2.75) is 13.8 Å². The normalized spacial score (nSPS) is 10.1. The fraction of sp³-hybridized carbons (Fsp3) is 0.188. The van der Waals surface area contributed by atoms with E-state index in [0.29, 0.717) is 5.75 Å². The molecule has 0 saturated heterocycles. The first kappa shape index (κ1) is 15.5. The third-order valence-electron chi connectivity index (χ3n) is 3.08. The molecule has 0 radical (unpaired) electrons. The zero-order valence-corrected chi connectivity index (χ0v) is 12.3. The number of amides is 1. The summed E-state index contributed by atoms with van der Waals surface area (Å²) in [4.78, 5) is 22.2. The van der Waals surface area contributed by atoms with Gasteiger partial charge in [0.15, 0.2) is 6.61 Å². The summed E-state index contributed by atoms with van der Waals surface area (Å²) in [6.45, 7) is 3.60. The van der Waals surface area contributed by atoms with Gasteiger partial charge in [-0.05, 0) is 37.1 Å². The van der Waals surface area contributed by atoms with Crippen LogP contribution in [0.3, 0.4) is 0 Å². The van der Waals surface area contributed by atoms with Crippen molar-refractivity contribution < 1.29 is 14.5 Å². The fourth-order valence-corrected chi connectivity index (χ4v) is 1.93. The number of nitro groups is 1. The first-order chi connectivity index (χ1) is 10.5. The predicted molar refractivity (Wildman–Crippen MR) is 83.1 cm³/mol. The summed E-state index contributed by atoms with van der Waals surface area (Å²) in [5, 5.41) is 13.4. The number of aryl methyl sites for hydroxylation is 2. The second-order valence-electron chi connectivity index (χ2n) is 4.88. The Morgan fingerprint density at radius 1 is 1.23 bits per heavy atom. The minimum Gasteiger partial charge on any atom is -0.483 e. The van der Waals surface area contributed by atoms with Crippen LogP contribution in [-0.4, -0.2) is 17.4 Å². The highest BCUT2D eigenvalue weighted by Gasteiger charge is 2.15. The van der Waals surface area contributed by atoms with Crippen molar-refractivity contribution in [3.8, 4) is 5.75 Å². The molecule has 0 aliphatic rings. The molecule has 0 spiro atoms. The third kappa shape index (κ3) is 3.82. The molecule has 2 rings (SSSR count). The molecule has 0 heterocycles. The molecule has 0 unspecified atom stereocenters. The average molecular weight is 300 g/mol. The van der Waals surface area contributed by atoms with Crippen LogP contribution in [0, 0.1) is 24.0 Å². The number of benzene rings is 2. The molecule has 0 fully saturated rings. The molecule has 1 N–H and O–H groups in total. The first-order valence-corrected chi connectivity index (χ1v) is 6.70. The van der Waals surface area contributed by atoms with Gasteiger partial charge in [0.1, 0.15) is 11.4 Å². The number of carbonyl (C=O) groups is 1. The quantitative estimate of drug-likeness (QED) is 0.679. The van der Waals surface area contributed by atoms with E-state index >= 15 is 0 Å². The van der Waals surface area contributed by atoms with E-state index in [1.165, 1.54) is 12.1 Å². The number of rotatable bonds is 5. The minimum absolute atomic E-state index is 0.150. The lowest BCUT2D eigenvalue weighted by atomic mass is 10.1. The molecule has 0 bridgehead atoms. The van der Waals surface area contributed by atoms with Crippen molar-refractivity contribution in [1.82, 2.24) is 0 Å². The molecule has 2 aromatic carbocycles. The number of nitrogens with zero attached hydrogens (tertiary/aromatic N) is 1. The fourth-order valence-electron chi connectivity index (χ4n) is 1.93. The predicted octanol–water partition coefficient (Wildman–Crippen LogP) is 3.23. The van der Waals surface area contributed by atoms with Crippen LogP contribution in [0.2, 0.25) is 0 Å². The van der Waals surface area contributed by atoms with E-state index in [0.717, 1.165) is 11.1 Å². The van der Waals surface area contributed by atoms with Crippen molar-refractivity contribution in [3.63, 3.8) is 0 Å². The van der Waals surface area contributed by atoms with E-state index in [9.17, 15) is 14.9 Å². The number of anilines is 1. The first-order valence-electron chi connectivity index (χ1n) is 6.70. The van der Waals surface area contributed by atoms with Gasteiger partial charge in [-0.2, -0.15) is 0 Å². The van der Waals surface area contributed by atoms with E-state index in [-0.39, 0.29) is 18.0 Å². The van der Waals surface area contributed by atoms with E-state index < -0.39 is 10.8 Å². The van der Waals surface area contributed by atoms with Crippen molar-refractivity contribution in [2.24, 2.45) is 0 Å². The lowest BCUT2D eigenvalue weighted by Gasteiger charge is -2.10. The Morgan fingerprint density at radius 2 is 1.95 bits per heavy atom. The minimum atomic E-state index is -0.541. The summed E-state index contributed by atoms with van der Waals surface area (Å²) >= 11 is 0. The molecule has 0 aromatic heterocycles. The van der Waals surface area contributed by atoms with Gasteiger partial charge in [-0.25, -0.2) is 0 Å². The number of nitro benzene ring substituents is 1. The van der Waals surface area contributed by atoms with Crippen LogP contribution in [0.4, 0.5) is 11.4 Å². The Balaban J connectivity index is 2.02. The lowest BCUT2D eigenvalue weighted by Crippen LogP contribution is -2.21. The maximum absolute atomic E-state index is 11.9. The largest absolute Gasteiger partial charge is 0.483 e. The van der Waals surface area contributed by atoms with Gasteiger partial charge < -0.3 is 10.1 Å². The van der Waals surface area contributed by atoms with E-state index in [1.54, 1.807) is 12.1 Å². The Labute approximate surface area is 127 Å². The van der Waals surface area contributed by atoms with Gasteiger partial charge >= 0.3 is 0 Å². The van der Waals surface area contributed by atoms with Crippen LogP contribution in [0.25, 0.3) is 0 Å². The second-order valence-corrected chi connectivity index (χ2v) is 4.88. The zero-order valence-electron chi connectivity index (χ0n) is 12.3. The summed E-state index contributed by atoms with van der Waals surface area (Å²) in [7, 11) is 0. The number of hydrogen-bond donors (Lipinski definition) is 1. The van der Waals surface area contributed by atoms with Gasteiger partial charge in [0.05, 0.1) is 4.92 Å². The number of ether oxygens (including phenoxy) is 1. The van der Waals surface area contributed by atoms with Gasteiger partial charge in [-0.1, -0.05) is 24.3 Å². The highest BCUT2D eigenvalue weighted by molar-refractivity contribution is 5.94. The van der Waals surface area contributed by atoms with Crippen LogP contribution in [-0.2, 0) is 4.79 Å². The van der Waals surface area contributed by atoms with Gasteiger partial charge in [0.25, 0.3) is 11.6 Å². The molecule has 2 aromatic rings. The monoisotopic (exact) mass is 300 g/mol. The Morgan fingerprint density at radius 3 is 2.68 bits per heavy atom. The maximum Gasteiger partial charge on any atom is 0.292 e. The van der Waals surface area contributed by atoms with Crippen LogP contribution >= 0.6 is 0 Å². The van der Waals surface area contributed by atoms with E-state index in [1.807, 2.05) is 32.0 Å². The van der Waals surface area contributed by atoms with Crippen LogP contribution in [0.1, 0.15) is 11.1 Å². The number of carbonyl (C=O) groups excluding carboxylic acids is 1.